The summed E-state index contributed by atoms with van der Waals surface area (Å²) in [6, 6.07) is 13.0. The van der Waals surface area contributed by atoms with Crippen molar-refractivity contribution in [1.82, 2.24) is 0 Å². The van der Waals surface area contributed by atoms with Gasteiger partial charge in [-0.2, -0.15) is 0 Å². The van der Waals surface area contributed by atoms with Crippen LogP contribution in [0.5, 0.6) is 0 Å². The van der Waals surface area contributed by atoms with Gasteiger partial charge < -0.3 is 11.1 Å². The van der Waals surface area contributed by atoms with E-state index >= 15 is 0 Å². The number of aryl methyl sites for hydroxylation is 1. The first kappa shape index (κ1) is 15.4. The third-order valence-corrected chi connectivity index (χ3v) is 4.53. The number of nitrogens with one attached hydrogen (secondary N) is 1. The van der Waals surface area contributed by atoms with Crippen LogP contribution in [0, 0.1) is 6.92 Å². The second-order valence-electron chi connectivity index (χ2n) is 5.12. The molecule has 2 aromatic rings. The topological polar surface area (TPSA) is 72.2 Å². The highest BCUT2D eigenvalue weighted by Gasteiger charge is 2.09. The van der Waals surface area contributed by atoms with E-state index in [0.717, 1.165) is 18.7 Å². The first-order valence-electron chi connectivity index (χ1n) is 6.76. The monoisotopic (exact) mass is 304 g/mol. The summed E-state index contributed by atoms with van der Waals surface area (Å²) in [5, 5.41) is 3.25. The third-order valence-electron chi connectivity index (χ3n) is 3.42. The van der Waals surface area contributed by atoms with E-state index in [1.165, 1.54) is 23.4 Å². The summed E-state index contributed by atoms with van der Waals surface area (Å²) in [5.41, 5.74) is 9.66. The molecule has 0 aliphatic heterocycles. The van der Waals surface area contributed by atoms with Gasteiger partial charge in [-0.1, -0.05) is 24.3 Å². The summed E-state index contributed by atoms with van der Waals surface area (Å²) in [6.07, 6.45) is 2.06. The molecule has 0 atom stereocenters. The summed E-state index contributed by atoms with van der Waals surface area (Å²) >= 11 is 0. The Morgan fingerprint density at radius 2 is 1.86 bits per heavy atom. The van der Waals surface area contributed by atoms with Gasteiger partial charge in [-0.3, -0.25) is 0 Å². The van der Waals surface area contributed by atoms with Crippen molar-refractivity contribution >= 4 is 21.2 Å². The summed E-state index contributed by atoms with van der Waals surface area (Å²) in [7, 11) is -3.22. The van der Waals surface area contributed by atoms with Gasteiger partial charge in [-0.25, -0.2) is 8.42 Å². The second-order valence-corrected chi connectivity index (χ2v) is 7.14. The lowest BCUT2D eigenvalue weighted by atomic mass is 10.1. The average molecular weight is 304 g/mol. The van der Waals surface area contributed by atoms with Gasteiger partial charge in [-0.15, -0.1) is 0 Å². The van der Waals surface area contributed by atoms with E-state index in [4.69, 9.17) is 5.73 Å². The van der Waals surface area contributed by atoms with Gasteiger partial charge in [0.2, 0.25) is 0 Å². The number of rotatable bonds is 5. The molecule has 0 aromatic heterocycles. The molecule has 0 spiro atoms. The molecule has 0 unspecified atom stereocenters. The zero-order valence-corrected chi connectivity index (χ0v) is 13.1. The first-order valence-corrected chi connectivity index (χ1v) is 8.65. The van der Waals surface area contributed by atoms with E-state index in [9.17, 15) is 8.42 Å². The number of benzene rings is 2. The molecule has 0 saturated carbocycles. The maximum atomic E-state index is 11.5. The molecular weight excluding hydrogens is 284 g/mol. The van der Waals surface area contributed by atoms with Gasteiger partial charge in [0, 0.05) is 12.8 Å². The number of sulfone groups is 1. The molecule has 0 radical (unpaired) electrons. The van der Waals surface area contributed by atoms with Gasteiger partial charge >= 0.3 is 0 Å². The van der Waals surface area contributed by atoms with Crippen molar-refractivity contribution in [1.29, 1.82) is 0 Å². The van der Waals surface area contributed by atoms with Crippen molar-refractivity contribution in [3.63, 3.8) is 0 Å². The second kappa shape index (κ2) is 6.18. The fraction of sp³-hybridized carbons (Fsp3) is 0.250. The fourth-order valence-corrected chi connectivity index (χ4v) is 2.81. The molecule has 0 amide bonds. The minimum Gasteiger partial charge on any atom is -0.397 e. The zero-order chi connectivity index (χ0) is 15.5. The SMILES string of the molecule is Cc1ccccc1CCNc1ccc(S(C)(=O)=O)cc1N. The highest BCUT2D eigenvalue weighted by molar-refractivity contribution is 7.90. The molecule has 3 N–H and O–H groups in total. The number of hydrogen-bond donors (Lipinski definition) is 2. The largest absolute Gasteiger partial charge is 0.397 e. The number of hydrogen-bond acceptors (Lipinski definition) is 4. The third kappa shape index (κ3) is 3.98. The Bertz CT molecular complexity index is 740. The van der Waals surface area contributed by atoms with E-state index in [2.05, 4.69) is 24.4 Å². The summed E-state index contributed by atoms with van der Waals surface area (Å²) in [5.74, 6) is 0. The van der Waals surface area contributed by atoms with Gasteiger partial charge in [0.25, 0.3) is 0 Å². The van der Waals surface area contributed by atoms with Crippen molar-refractivity contribution in [2.45, 2.75) is 18.2 Å². The molecular formula is C16H20N2O2S. The lowest BCUT2D eigenvalue weighted by molar-refractivity contribution is 0.602. The fourth-order valence-electron chi connectivity index (χ4n) is 2.15. The number of nitrogens with two attached hydrogens (primary N) is 1. The predicted octanol–water partition coefficient (Wildman–Crippen LogP) is 2.64. The lowest BCUT2D eigenvalue weighted by Crippen LogP contribution is -2.08. The van der Waals surface area contributed by atoms with Crippen LogP contribution in [-0.2, 0) is 16.3 Å². The maximum absolute atomic E-state index is 11.5. The van der Waals surface area contributed by atoms with Crippen molar-refractivity contribution < 1.29 is 8.42 Å². The minimum atomic E-state index is -3.22. The van der Waals surface area contributed by atoms with E-state index in [0.29, 0.717) is 5.69 Å². The summed E-state index contributed by atoms with van der Waals surface area (Å²) in [6.45, 7) is 2.83. The molecule has 0 saturated heterocycles. The Kier molecular flexibility index (Phi) is 4.53. The van der Waals surface area contributed by atoms with Crippen LogP contribution >= 0.6 is 0 Å². The predicted molar refractivity (Wildman–Crippen MR) is 87.3 cm³/mol. The standard InChI is InChI=1S/C16H20N2O2S/c1-12-5-3-4-6-13(12)9-10-18-16-8-7-14(11-15(16)17)21(2,19)20/h3-8,11,18H,9-10,17H2,1-2H3. The number of nitrogen functional groups attached to an aromatic ring is 1. The Morgan fingerprint density at radius 1 is 1.14 bits per heavy atom. The molecule has 2 aromatic carbocycles. The van der Waals surface area contributed by atoms with Gasteiger partial charge in [0.15, 0.2) is 9.84 Å². The summed E-state index contributed by atoms with van der Waals surface area (Å²) < 4.78 is 22.9. The summed E-state index contributed by atoms with van der Waals surface area (Å²) in [4.78, 5) is 0.240. The molecule has 0 fully saturated rings. The molecule has 112 valence electrons. The van der Waals surface area contributed by atoms with E-state index in [1.54, 1.807) is 12.1 Å². The molecule has 0 aliphatic rings. The van der Waals surface area contributed by atoms with E-state index in [-0.39, 0.29) is 4.90 Å². The van der Waals surface area contributed by atoms with Crippen LogP contribution in [0.2, 0.25) is 0 Å². The average Bonchev–Trinajstić information content (AvgIpc) is 2.41. The molecule has 5 heteroatoms. The quantitative estimate of drug-likeness (QED) is 0.833. The smallest absolute Gasteiger partial charge is 0.175 e. The van der Waals surface area contributed by atoms with Crippen LogP contribution in [-0.4, -0.2) is 21.2 Å². The van der Waals surface area contributed by atoms with Crippen LogP contribution in [0.4, 0.5) is 11.4 Å². The molecule has 2 rings (SSSR count). The minimum absolute atomic E-state index is 0.240. The Balaban J connectivity index is 2.03. The van der Waals surface area contributed by atoms with Crippen molar-refractivity contribution in [2.24, 2.45) is 0 Å². The zero-order valence-electron chi connectivity index (χ0n) is 12.3. The van der Waals surface area contributed by atoms with Gasteiger partial charge in [-0.05, 0) is 42.7 Å². The van der Waals surface area contributed by atoms with Crippen LogP contribution < -0.4 is 11.1 Å². The molecule has 21 heavy (non-hydrogen) atoms. The molecule has 0 bridgehead atoms. The highest BCUT2D eigenvalue weighted by atomic mass is 32.2. The van der Waals surface area contributed by atoms with Crippen molar-refractivity contribution in [3.8, 4) is 0 Å². The Labute approximate surface area is 125 Å². The van der Waals surface area contributed by atoms with Gasteiger partial charge in [0.1, 0.15) is 0 Å². The van der Waals surface area contributed by atoms with Crippen LogP contribution in [0.1, 0.15) is 11.1 Å². The highest BCUT2D eigenvalue weighted by Crippen LogP contribution is 2.22. The molecule has 4 nitrogen and oxygen atoms in total. The van der Waals surface area contributed by atoms with Crippen molar-refractivity contribution in [2.75, 3.05) is 23.9 Å². The van der Waals surface area contributed by atoms with Crippen LogP contribution in [0.25, 0.3) is 0 Å². The van der Waals surface area contributed by atoms with E-state index in [1.807, 2.05) is 12.1 Å². The van der Waals surface area contributed by atoms with Gasteiger partial charge in [0.05, 0.1) is 16.3 Å². The maximum Gasteiger partial charge on any atom is 0.175 e. The van der Waals surface area contributed by atoms with E-state index < -0.39 is 9.84 Å². The van der Waals surface area contributed by atoms with Crippen LogP contribution in [0.3, 0.4) is 0 Å². The van der Waals surface area contributed by atoms with Crippen LogP contribution in [0.15, 0.2) is 47.4 Å². The molecule has 0 heterocycles. The lowest BCUT2D eigenvalue weighted by Gasteiger charge is -2.11. The molecule has 0 aliphatic carbocycles. The Hall–Kier alpha value is -2.01. The Morgan fingerprint density at radius 3 is 2.48 bits per heavy atom. The van der Waals surface area contributed by atoms with Crippen molar-refractivity contribution in [3.05, 3.63) is 53.6 Å². The normalized spacial score (nSPS) is 11.3. The first-order chi connectivity index (χ1) is 9.88. The number of anilines is 2.